The van der Waals surface area contributed by atoms with Gasteiger partial charge in [-0.1, -0.05) is 18.2 Å². The topological polar surface area (TPSA) is 15.3 Å². The molecule has 1 aromatic carbocycles. The van der Waals surface area contributed by atoms with Crippen molar-refractivity contribution in [2.75, 3.05) is 26.2 Å². The molecule has 3 rings (SSSR count). The van der Waals surface area contributed by atoms with E-state index in [1.165, 1.54) is 37.3 Å². The lowest BCUT2D eigenvalue weighted by Crippen LogP contribution is -2.26. The van der Waals surface area contributed by atoms with Crippen molar-refractivity contribution >= 4 is 0 Å². The van der Waals surface area contributed by atoms with Gasteiger partial charge in [-0.15, -0.1) is 0 Å². The normalized spacial score (nSPS) is 28.6. The molecule has 1 N–H and O–H groups in total. The van der Waals surface area contributed by atoms with Crippen molar-refractivity contribution in [1.29, 1.82) is 0 Å². The van der Waals surface area contributed by atoms with Crippen LogP contribution < -0.4 is 5.32 Å². The summed E-state index contributed by atoms with van der Waals surface area (Å²) in [7, 11) is 0. The Labute approximate surface area is 104 Å². The molecule has 2 aliphatic rings. The molecule has 0 bridgehead atoms. The largest absolute Gasteiger partial charge is 0.316 e. The maximum atomic E-state index is 3.50. The van der Waals surface area contributed by atoms with Gasteiger partial charge in [0.25, 0.3) is 0 Å². The maximum Gasteiger partial charge on any atom is 0.0239 e. The van der Waals surface area contributed by atoms with E-state index in [-0.39, 0.29) is 0 Å². The Hall–Kier alpha value is -0.860. The number of fused-ring (bicyclic) bond motifs is 1. The number of aryl methyl sites for hydroxylation is 2. The quantitative estimate of drug-likeness (QED) is 0.835. The maximum absolute atomic E-state index is 3.50. The Morgan fingerprint density at radius 3 is 2.29 bits per heavy atom. The van der Waals surface area contributed by atoms with E-state index in [1.54, 1.807) is 5.56 Å². The van der Waals surface area contributed by atoms with Gasteiger partial charge in [0.1, 0.15) is 0 Å². The smallest absolute Gasteiger partial charge is 0.0239 e. The monoisotopic (exact) mass is 230 g/mol. The third kappa shape index (κ3) is 2.12. The molecule has 0 aliphatic carbocycles. The summed E-state index contributed by atoms with van der Waals surface area (Å²) in [5.74, 6) is 1.80. The highest BCUT2D eigenvalue weighted by Gasteiger charge is 2.35. The fraction of sp³-hybridized carbons (Fsp3) is 0.600. The highest BCUT2D eigenvalue weighted by Crippen LogP contribution is 2.28. The molecule has 92 valence electrons. The van der Waals surface area contributed by atoms with Gasteiger partial charge in [0.15, 0.2) is 0 Å². The van der Waals surface area contributed by atoms with Crippen LogP contribution in [0.25, 0.3) is 0 Å². The number of likely N-dealkylation sites (tertiary alicyclic amines) is 1. The number of rotatable bonds is 2. The first-order chi connectivity index (χ1) is 8.24. The predicted molar refractivity (Wildman–Crippen MR) is 71.0 cm³/mol. The highest BCUT2D eigenvalue weighted by molar-refractivity contribution is 5.33. The molecular weight excluding hydrogens is 208 g/mol. The standard InChI is InChI=1S/C15H22N2/c1-11-4-3-5-12(2)15(11)10-17-8-13-6-16-7-14(13)9-17/h3-5,13-14,16H,6-10H2,1-2H3/t13-,14+. The van der Waals surface area contributed by atoms with Gasteiger partial charge in [0, 0.05) is 19.6 Å². The van der Waals surface area contributed by atoms with Crippen molar-refractivity contribution in [1.82, 2.24) is 10.2 Å². The molecule has 2 atom stereocenters. The van der Waals surface area contributed by atoms with Gasteiger partial charge >= 0.3 is 0 Å². The van der Waals surface area contributed by atoms with Crippen LogP contribution in [0.5, 0.6) is 0 Å². The van der Waals surface area contributed by atoms with E-state index >= 15 is 0 Å². The summed E-state index contributed by atoms with van der Waals surface area (Å²) < 4.78 is 0. The van der Waals surface area contributed by atoms with E-state index in [2.05, 4.69) is 42.3 Å². The zero-order chi connectivity index (χ0) is 11.8. The SMILES string of the molecule is Cc1cccc(C)c1CN1C[C@H]2CNC[C@H]2C1. The zero-order valence-electron chi connectivity index (χ0n) is 10.9. The lowest BCUT2D eigenvalue weighted by atomic mass is 10.0. The minimum atomic E-state index is 0.902. The van der Waals surface area contributed by atoms with Crippen LogP contribution in [0.15, 0.2) is 18.2 Å². The van der Waals surface area contributed by atoms with Gasteiger partial charge in [0.2, 0.25) is 0 Å². The van der Waals surface area contributed by atoms with Crippen molar-refractivity contribution in [3.05, 3.63) is 34.9 Å². The van der Waals surface area contributed by atoms with E-state index in [0.717, 1.165) is 18.4 Å². The van der Waals surface area contributed by atoms with Gasteiger partial charge in [-0.2, -0.15) is 0 Å². The van der Waals surface area contributed by atoms with Gasteiger partial charge in [-0.3, -0.25) is 4.90 Å². The number of nitrogens with zero attached hydrogens (tertiary/aromatic N) is 1. The Morgan fingerprint density at radius 2 is 1.71 bits per heavy atom. The molecule has 0 saturated carbocycles. The molecule has 0 unspecified atom stereocenters. The molecule has 1 aromatic rings. The number of benzene rings is 1. The molecule has 2 nitrogen and oxygen atoms in total. The summed E-state index contributed by atoms with van der Waals surface area (Å²) in [6.07, 6.45) is 0. The summed E-state index contributed by atoms with van der Waals surface area (Å²) >= 11 is 0. The van der Waals surface area contributed by atoms with Crippen LogP contribution in [-0.2, 0) is 6.54 Å². The summed E-state index contributed by atoms with van der Waals surface area (Å²) in [6, 6.07) is 6.64. The third-order valence-electron chi connectivity index (χ3n) is 4.49. The molecule has 2 heteroatoms. The molecule has 0 aromatic heterocycles. The van der Waals surface area contributed by atoms with Crippen molar-refractivity contribution in [3.8, 4) is 0 Å². The summed E-state index contributed by atoms with van der Waals surface area (Å²) in [5.41, 5.74) is 4.43. The van der Waals surface area contributed by atoms with Crippen molar-refractivity contribution < 1.29 is 0 Å². The lowest BCUT2D eigenvalue weighted by Gasteiger charge is -2.19. The van der Waals surface area contributed by atoms with Gasteiger partial charge in [-0.05, 0) is 55.5 Å². The van der Waals surface area contributed by atoms with Gasteiger partial charge in [-0.25, -0.2) is 0 Å². The Kier molecular flexibility index (Phi) is 2.93. The molecule has 0 spiro atoms. The Balaban J connectivity index is 1.72. The van der Waals surface area contributed by atoms with Gasteiger partial charge in [0.05, 0.1) is 0 Å². The average molecular weight is 230 g/mol. The van der Waals surface area contributed by atoms with Crippen LogP contribution in [0.4, 0.5) is 0 Å². The number of hydrogen-bond acceptors (Lipinski definition) is 2. The van der Waals surface area contributed by atoms with E-state index in [4.69, 9.17) is 0 Å². The van der Waals surface area contributed by atoms with Crippen LogP contribution in [0.2, 0.25) is 0 Å². The first kappa shape index (κ1) is 11.2. The third-order valence-corrected chi connectivity index (χ3v) is 4.49. The lowest BCUT2D eigenvalue weighted by molar-refractivity contribution is 0.304. The van der Waals surface area contributed by atoms with Crippen LogP contribution in [0.3, 0.4) is 0 Å². The molecule has 2 heterocycles. The van der Waals surface area contributed by atoms with Crippen LogP contribution in [0, 0.1) is 25.7 Å². The van der Waals surface area contributed by atoms with E-state index in [0.29, 0.717) is 0 Å². The fourth-order valence-corrected chi connectivity index (χ4v) is 3.40. The van der Waals surface area contributed by atoms with Crippen LogP contribution >= 0.6 is 0 Å². The Bertz CT molecular complexity index is 381. The molecule has 17 heavy (non-hydrogen) atoms. The minimum Gasteiger partial charge on any atom is -0.316 e. The number of nitrogens with one attached hydrogen (secondary N) is 1. The number of hydrogen-bond donors (Lipinski definition) is 1. The van der Waals surface area contributed by atoms with Crippen molar-refractivity contribution in [2.45, 2.75) is 20.4 Å². The molecule has 2 saturated heterocycles. The molecule has 0 amide bonds. The van der Waals surface area contributed by atoms with E-state index in [9.17, 15) is 0 Å². The second-order valence-corrected chi connectivity index (χ2v) is 5.74. The van der Waals surface area contributed by atoms with Gasteiger partial charge < -0.3 is 5.32 Å². The molecule has 2 fully saturated rings. The molecular formula is C15H22N2. The van der Waals surface area contributed by atoms with E-state index in [1.807, 2.05) is 0 Å². The summed E-state index contributed by atoms with van der Waals surface area (Å²) in [4.78, 5) is 2.64. The molecule has 2 aliphatic heterocycles. The second-order valence-electron chi connectivity index (χ2n) is 5.74. The minimum absolute atomic E-state index is 0.902. The Morgan fingerprint density at radius 1 is 1.12 bits per heavy atom. The van der Waals surface area contributed by atoms with Crippen molar-refractivity contribution in [3.63, 3.8) is 0 Å². The van der Waals surface area contributed by atoms with Crippen molar-refractivity contribution in [2.24, 2.45) is 11.8 Å². The van der Waals surface area contributed by atoms with E-state index < -0.39 is 0 Å². The first-order valence-electron chi connectivity index (χ1n) is 6.72. The summed E-state index contributed by atoms with van der Waals surface area (Å²) in [6.45, 7) is 10.6. The van der Waals surface area contributed by atoms with Crippen LogP contribution in [-0.4, -0.2) is 31.1 Å². The average Bonchev–Trinajstić information content (AvgIpc) is 2.83. The summed E-state index contributed by atoms with van der Waals surface area (Å²) in [5, 5.41) is 3.50. The molecule has 0 radical (unpaired) electrons. The highest BCUT2D eigenvalue weighted by atomic mass is 15.2. The second kappa shape index (κ2) is 4.43. The zero-order valence-corrected chi connectivity index (χ0v) is 10.9. The fourth-order valence-electron chi connectivity index (χ4n) is 3.40. The predicted octanol–water partition coefficient (Wildman–Crippen LogP) is 1.95. The first-order valence-corrected chi connectivity index (χ1v) is 6.72. The van der Waals surface area contributed by atoms with Crippen LogP contribution in [0.1, 0.15) is 16.7 Å².